The van der Waals surface area contributed by atoms with E-state index in [1.54, 1.807) is 0 Å². The molecule has 0 saturated carbocycles. The maximum atomic E-state index is 11.6. The van der Waals surface area contributed by atoms with Gasteiger partial charge in [0.25, 0.3) is 0 Å². The van der Waals surface area contributed by atoms with Crippen LogP contribution in [-0.4, -0.2) is 46.7 Å². The van der Waals surface area contributed by atoms with Gasteiger partial charge in [-0.05, 0) is 44.9 Å². The Morgan fingerprint density at radius 2 is 1.92 bits per heavy atom. The van der Waals surface area contributed by atoms with Crippen LogP contribution in [0.4, 0.5) is 0 Å². The van der Waals surface area contributed by atoms with Crippen LogP contribution in [0.3, 0.4) is 0 Å². The highest BCUT2D eigenvalue weighted by Crippen LogP contribution is 2.23. The summed E-state index contributed by atoms with van der Waals surface area (Å²) in [6.45, 7) is 6.99. The molecule has 1 unspecified atom stereocenters. The number of nitrogens with one attached hydrogen (secondary N) is 3. The third-order valence-electron chi connectivity index (χ3n) is 4.38. The predicted octanol–water partition coefficient (Wildman–Crippen LogP) is 1.36. The molecular weight excluding hydrogens is 352 g/mol. The van der Waals surface area contributed by atoms with E-state index in [9.17, 15) is 8.42 Å². The van der Waals surface area contributed by atoms with Crippen LogP contribution in [0.15, 0.2) is 29.3 Å². The summed E-state index contributed by atoms with van der Waals surface area (Å²) in [5, 5.41) is 6.59. The van der Waals surface area contributed by atoms with Crippen LogP contribution in [0.2, 0.25) is 0 Å². The van der Waals surface area contributed by atoms with Gasteiger partial charge >= 0.3 is 0 Å². The van der Waals surface area contributed by atoms with E-state index in [4.69, 9.17) is 4.74 Å². The second-order valence-corrected chi connectivity index (χ2v) is 8.66. The smallest absolute Gasteiger partial charge is 0.215 e. The van der Waals surface area contributed by atoms with Gasteiger partial charge in [-0.25, -0.2) is 18.1 Å². The first-order valence-electron chi connectivity index (χ1n) is 9.01. The Labute approximate surface area is 156 Å². The fourth-order valence-electron chi connectivity index (χ4n) is 2.79. The van der Waals surface area contributed by atoms with Gasteiger partial charge in [-0.3, -0.25) is 0 Å². The van der Waals surface area contributed by atoms with Crippen molar-refractivity contribution in [2.75, 3.05) is 26.7 Å². The van der Waals surface area contributed by atoms with Crippen LogP contribution in [0.5, 0.6) is 0 Å². The molecule has 146 valence electrons. The average Bonchev–Trinajstić information content (AvgIpc) is 3.05. The van der Waals surface area contributed by atoms with Crippen molar-refractivity contribution in [2.45, 2.75) is 44.6 Å². The van der Waals surface area contributed by atoms with Crippen molar-refractivity contribution in [1.29, 1.82) is 0 Å². The van der Waals surface area contributed by atoms with Gasteiger partial charge in [0, 0.05) is 19.7 Å². The Morgan fingerprint density at radius 3 is 2.50 bits per heavy atom. The number of rotatable bonds is 8. The lowest BCUT2D eigenvalue weighted by Gasteiger charge is -2.24. The molecule has 2 rings (SSSR count). The highest BCUT2D eigenvalue weighted by Gasteiger charge is 2.29. The largest absolute Gasteiger partial charge is 0.373 e. The van der Waals surface area contributed by atoms with E-state index in [-0.39, 0.29) is 11.4 Å². The molecule has 0 radical (unpaired) electrons. The highest BCUT2D eigenvalue weighted by atomic mass is 32.2. The normalized spacial score (nSPS) is 21.0. The van der Waals surface area contributed by atoms with Crippen LogP contribution in [0, 0.1) is 0 Å². The molecule has 1 aliphatic rings. The van der Waals surface area contributed by atoms with Crippen LogP contribution in [-0.2, 0) is 27.1 Å². The zero-order valence-electron chi connectivity index (χ0n) is 15.8. The minimum Gasteiger partial charge on any atom is -0.373 e. The molecule has 26 heavy (non-hydrogen) atoms. The number of benzene rings is 1. The fourth-order valence-corrected chi connectivity index (χ4v) is 3.57. The maximum Gasteiger partial charge on any atom is 0.215 e. The molecule has 0 spiro atoms. The number of hydrogen-bond donors (Lipinski definition) is 3. The van der Waals surface area contributed by atoms with Gasteiger partial charge in [0.05, 0.1) is 17.9 Å². The molecule has 1 aromatic carbocycles. The van der Waals surface area contributed by atoms with Crippen molar-refractivity contribution >= 4 is 16.0 Å². The van der Waals surface area contributed by atoms with Gasteiger partial charge in [0.2, 0.25) is 10.0 Å². The summed E-state index contributed by atoms with van der Waals surface area (Å²) in [5.41, 5.74) is 1.65. The second-order valence-electron chi connectivity index (χ2n) is 6.73. The van der Waals surface area contributed by atoms with Crippen molar-refractivity contribution in [3.05, 3.63) is 35.4 Å². The number of sulfonamides is 1. The first-order chi connectivity index (χ1) is 12.4. The molecule has 0 amide bonds. The first-order valence-corrected chi connectivity index (χ1v) is 10.7. The van der Waals surface area contributed by atoms with E-state index in [0.29, 0.717) is 6.54 Å². The average molecular weight is 383 g/mol. The first kappa shape index (κ1) is 20.7. The number of ether oxygens (including phenoxy) is 1. The predicted molar refractivity (Wildman–Crippen MR) is 105 cm³/mol. The SMILES string of the molecule is CCNC(=NCc1ccc(CS(=O)(=O)NC)cc1)NCC1(C)CCCO1. The molecule has 0 aromatic heterocycles. The van der Waals surface area contributed by atoms with E-state index < -0.39 is 10.0 Å². The number of aliphatic imine (C=N–C) groups is 1. The fraction of sp³-hybridized carbons (Fsp3) is 0.611. The summed E-state index contributed by atoms with van der Waals surface area (Å²) in [6, 6.07) is 7.48. The van der Waals surface area contributed by atoms with E-state index >= 15 is 0 Å². The molecule has 1 heterocycles. The molecule has 3 N–H and O–H groups in total. The Bertz CT molecular complexity index is 696. The summed E-state index contributed by atoms with van der Waals surface area (Å²) in [7, 11) is -1.83. The molecule has 0 bridgehead atoms. The van der Waals surface area contributed by atoms with E-state index in [1.807, 2.05) is 31.2 Å². The lowest BCUT2D eigenvalue weighted by Crippen LogP contribution is -2.45. The van der Waals surface area contributed by atoms with Crippen LogP contribution in [0.25, 0.3) is 0 Å². The van der Waals surface area contributed by atoms with Gasteiger partial charge in [0.15, 0.2) is 5.96 Å². The zero-order valence-corrected chi connectivity index (χ0v) is 16.7. The molecule has 7 nitrogen and oxygen atoms in total. The lowest BCUT2D eigenvalue weighted by molar-refractivity contribution is 0.0243. The van der Waals surface area contributed by atoms with E-state index in [1.165, 1.54) is 7.05 Å². The molecule has 1 aromatic rings. The third kappa shape index (κ3) is 6.59. The quantitative estimate of drug-likeness (QED) is 0.466. The van der Waals surface area contributed by atoms with Crippen molar-refractivity contribution in [3.8, 4) is 0 Å². The lowest BCUT2D eigenvalue weighted by atomic mass is 10.0. The third-order valence-corrected chi connectivity index (χ3v) is 5.72. The summed E-state index contributed by atoms with van der Waals surface area (Å²) in [5.74, 6) is 0.738. The molecule has 0 aliphatic carbocycles. The topological polar surface area (TPSA) is 91.8 Å². The molecule has 1 saturated heterocycles. The van der Waals surface area contributed by atoms with Crippen LogP contribution in [0.1, 0.15) is 37.8 Å². The van der Waals surface area contributed by atoms with Crippen molar-refractivity contribution < 1.29 is 13.2 Å². The summed E-state index contributed by atoms with van der Waals surface area (Å²) >= 11 is 0. The number of hydrogen-bond acceptors (Lipinski definition) is 4. The van der Waals surface area contributed by atoms with E-state index in [2.05, 4.69) is 27.3 Å². The Kier molecular flexibility index (Phi) is 7.43. The highest BCUT2D eigenvalue weighted by molar-refractivity contribution is 7.88. The second kappa shape index (κ2) is 9.34. The van der Waals surface area contributed by atoms with Crippen LogP contribution < -0.4 is 15.4 Å². The molecule has 8 heteroatoms. The van der Waals surface area contributed by atoms with Gasteiger partial charge in [-0.2, -0.15) is 0 Å². The standard InChI is InChI=1S/C18H30N4O3S/c1-4-20-17(22-14-18(2)10-5-11-25-18)21-12-15-6-8-16(9-7-15)13-26(23,24)19-3/h6-9,19H,4-5,10-14H2,1-3H3,(H2,20,21,22). The molecule has 1 atom stereocenters. The van der Waals surface area contributed by atoms with Gasteiger partial charge in [0.1, 0.15) is 0 Å². The Balaban J connectivity index is 1.93. The molecular formula is C18H30N4O3S. The Morgan fingerprint density at radius 1 is 1.23 bits per heavy atom. The summed E-state index contributed by atoms with van der Waals surface area (Å²) in [4.78, 5) is 4.60. The van der Waals surface area contributed by atoms with Gasteiger partial charge in [-0.1, -0.05) is 24.3 Å². The monoisotopic (exact) mass is 382 g/mol. The van der Waals surface area contributed by atoms with Gasteiger partial charge in [-0.15, -0.1) is 0 Å². The minimum atomic E-state index is -3.25. The zero-order chi connectivity index (χ0) is 19.0. The van der Waals surface area contributed by atoms with Crippen molar-refractivity contribution in [2.24, 2.45) is 4.99 Å². The summed E-state index contributed by atoms with van der Waals surface area (Å²) in [6.07, 6.45) is 2.15. The maximum absolute atomic E-state index is 11.6. The number of guanidine groups is 1. The minimum absolute atomic E-state index is 0.0180. The number of nitrogens with zero attached hydrogens (tertiary/aromatic N) is 1. The molecule has 1 aliphatic heterocycles. The summed E-state index contributed by atoms with van der Waals surface area (Å²) < 4.78 is 31.3. The van der Waals surface area contributed by atoms with Crippen LogP contribution >= 0.6 is 0 Å². The van der Waals surface area contributed by atoms with E-state index in [0.717, 1.165) is 49.6 Å². The molecule has 1 fully saturated rings. The van der Waals surface area contributed by atoms with Gasteiger partial charge < -0.3 is 15.4 Å². The van der Waals surface area contributed by atoms with Crippen molar-refractivity contribution in [1.82, 2.24) is 15.4 Å². The van der Waals surface area contributed by atoms with Crippen molar-refractivity contribution in [3.63, 3.8) is 0 Å². The Hall–Kier alpha value is -1.64.